The van der Waals surface area contributed by atoms with Crippen molar-refractivity contribution in [1.29, 1.82) is 0 Å². The van der Waals surface area contributed by atoms with Gasteiger partial charge in [-0.25, -0.2) is 0 Å². The Labute approximate surface area is 148 Å². The largest absolute Gasteiger partial charge is 0.458 e. The van der Waals surface area contributed by atoms with Crippen LogP contribution in [-0.4, -0.2) is 18.4 Å². The van der Waals surface area contributed by atoms with Crippen molar-refractivity contribution in [2.24, 2.45) is 4.99 Å². The number of anilines is 1. The molecule has 0 aliphatic carbocycles. The van der Waals surface area contributed by atoms with Crippen molar-refractivity contribution in [1.82, 2.24) is 0 Å². The fourth-order valence-corrected chi connectivity index (χ4v) is 2.26. The van der Waals surface area contributed by atoms with E-state index in [2.05, 4.69) is 10.3 Å². The number of hydrogen-bond acceptors (Lipinski definition) is 2. The molecule has 2 nitrogen and oxygen atoms in total. The third-order valence-electron chi connectivity index (χ3n) is 3.90. The zero-order valence-corrected chi connectivity index (χ0v) is 14.3. The maximum Gasteiger partial charge on any atom is 0.458 e. The molecule has 0 aliphatic heterocycles. The lowest BCUT2D eigenvalue weighted by molar-refractivity contribution is -0.289. The molecule has 0 aromatic heterocycles. The van der Waals surface area contributed by atoms with Gasteiger partial charge in [-0.3, -0.25) is 4.99 Å². The van der Waals surface area contributed by atoms with E-state index in [9.17, 15) is 22.0 Å². The van der Waals surface area contributed by atoms with Crippen LogP contribution in [-0.2, 0) is 5.92 Å². The normalized spacial score (nSPS) is 13.8. The number of halogens is 5. The molecule has 0 saturated heterocycles. The van der Waals surface area contributed by atoms with Crippen LogP contribution in [0.5, 0.6) is 0 Å². The van der Waals surface area contributed by atoms with Gasteiger partial charge in [0.05, 0.1) is 16.9 Å². The molecule has 140 valence electrons. The molecule has 1 N–H and O–H groups in total. The summed E-state index contributed by atoms with van der Waals surface area (Å²) in [4.78, 5) is 4.16. The molecule has 0 aliphatic rings. The van der Waals surface area contributed by atoms with Crippen LogP contribution in [0.3, 0.4) is 0 Å². The van der Waals surface area contributed by atoms with Crippen LogP contribution in [0, 0.1) is 0 Å². The molecule has 0 spiro atoms. The second-order valence-electron chi connectivity index (χ2n) is 5.89. The number of nitrogens with one attached hydrogen (secondary N) is 1. The molecule has 2 aromatic carbocycles. The Kier molecular flexibility index (Phi) is 6.00. The minimum absolute atomic E-state index is 0.163. The van der Waals surface area contributed by atoms with Gasteiger partial charge in [0.25, 0.3) is 0 Å². The third-order valence-corrected chi connectivity index (χ3v) is 3.90. The van der Waals surface area contributed by atoms with Gasteiger partial charge in [0.2, 0.25) is 0 Å². The predicted molar refractivity (Wildman–Crippen MR) is 93.5 cm³/mol. The summed E-state index contributed by atoms with van der Waals surface area (Å²) in [7, 11) is 0. The number of rotatable bonds is 6. The highest BCUT2D eigenvalue weighted by Crippen LogP contribution is 2.47. The Balaban J connectivity index is 2.54. The van der Waals surface area contributed by atoms with E-state index >= 15 is 0 Å². The second kappa shape index (κ2) is 7.85. The van der Waals surface area contributed by atoms with Crippen molar-refractivity contribution in [2.45, 2.75) is 38.4 Å². The number of nitrogens with zero attached hydrogens (tertiary/aromatic N) is 1. The molecule has 2 rings (SSSR count). The van der Waals surface area contributed by atoms with Gasteiger partial charge in [-0.2, -0.15) is 22.0 Å². The summed E-state index contributed by atoms with van der Waals surface area (Å²) in [6.45, 7) is 3.51. The Hall–Kier alpha value is -2.44. The number of hydrogen-bond donors (Lipinski definition) is 1. The monoisotopic (exact) mass is 370 g/mol. The summed E-state index contributed by atoms with van der Waals surface area (Å²) in [6, 6.07) is 11.8. The Bertz CT molecular complexity index is 754. The standard InChI is InChI=1S/C19H19F5N2/c1-3-13(2)26-17-14(12-25-15-9-5-4-6-10-15)8-7-11-16(17)18(20,21)19(22,23)24/h4-13,26H,3H2,1-2H3. The summed E-state index contributed by atoms with van der Waals surface area (Å²) in [5.41, 5.74) is -0.642. The number of benzene rings is 2. The van der Waals surface area contributed by atoms with Crippen molar-refractivity contribution < 1.29 is 22.0 Å². The van der Waals surface area contributed by atoms with Gasteiger partial charge < -0.3 is 5.32 Å². The van der Waals surface area contributed by atoms with Crippen molar-refractivity contribution in [2.75, 3.05) is 5.32 Å². The van der Waals surface area contributed by atoms with Crippen molar-refractivity contribution >= 4 is 17.6 Å². The molecular weight excluding hydrogens is 351 g/mol. The lowest BCUT2D eigenvalue weighted by Gasteiger charge is -2.25. The van der Waals surface area contributed by atoms with Crippen LogP contribution in [0.2, 0.25) is 0 Å². The highest BCUT2D eigenvalue weighted by Gasteiger charge is 2.59. The Morgan fingerprint density at radius 3 is 2.23 bits per heavy atom. The number of aliphatic imine (C=N–C) groups is 1. The van der Waals surface area contributed by atoms with Crippen molar-refractivity contribution in [3.8, 4) is 0 Å². The van der Waals surface area contributed by atoms with E-state index in [1.807, 2.05) is 0 Å². The minimum atomic E-state index is -5.69. The molecule has 0 radical (unpaired) electrons. The molecule has 0 heterocycles. The van der Waals surface area contributed by atoms with Crippen LogP contribution in [0.15, 0.2) is 53.5 Å². The first-order valence-electron chi connectivity index (χ1n) is 8.10. The lowest BCUT2D eigenvalue weighted by atomic mass is 10.0. The van der Waals surface area contributed by atoms with E-state index in [0.29, 0.717) is 12.1 Å². The van der Waals surface area contributed by atoms with Crippen LogP contribution in [0.4, 0.5) is 33.3 Å². The topological polar surface area (TPSA) is 24.4 Å². The van der Waals surface area contributed by atoms with Gasteiger partial charge in [0.1, 0.15) is 0 Å². The molecule has 0 fully saturated rings. The molecule has 7 heteroatoms. The molecule has 0 amide bonds. The van der Waals surface area contributed by atoms with Gasteiger partial charge in [0.15, 0.2) is 0 Å². The van der Waals surface area contributed by atoms with Crippen molar-refractivity contribution in [3.63, 3.8) is 0 Å². The Morgan fingerprint density at radius 1 is 1.00 bits per heavy atom. The first-order chi connectivity index (χ1) is 12.2. The third kappa shape index (κ3) is 4.39. The van der Waals surface area contributed by atoms with Crippen LogP contribution in [0.1, 0.15) is 31.4 Å². The average molecular weight is 370 g/mol. The number of alkyl halides is 5. The van der Waals surface area contributed by atoms with Gasteiger partial charge in [-0.15, -0.1) is 0 Å². The molecule has 0 saturated carbocycles. The van der Waals surface area contributed by atoms with Crippen LogP contribution >= 0.6 is 0 Å². The van der Waals surface area contributed by atoms with E-state index in [-0.39, 0.29) is 17.3 Å². The van der Waals surface area contributed by atoms with Gasteiger partial charge >= 0.3 is 12.1 Å². The van der Waals surface area contributed by atoms with E-state index in [0.717, 1.165) is 6.07 Å². The maximum absolute atomic E-state index is 14.0. The first kappa shape index (κ1) is 19.9. The molecule has 2 aromatic rings. The number of para-hydroxylation sites is 2. The van der Waals surface area contributed by atoms with Gasteiger partial charge in [-0.1, -0.05) is 43.3 Å². The average Bonchev–Trinajstić information content (AvgIpc) is 2.60. The highest BCUT2D eigenvalue weighted by molar-refractivity contribution is 5.90. The lowest BCUT2D eigenvalue weighted by Crippen LogP contribution is -2.35. The molecule has 1 atom stereocenters. The Morgan fingerprint density at radius 2 is 1.65 bits per heavy atom. The maximum atomic E-state index is 14.0. The first-order valence-corrected chi connectivity index (χ1v) is 8.10. The zero-order valence-electron chi connectivity index (χ0n) is 14.3. The smallest absolute Gasteiger partial charge is 0.382 e. The fraction of sp³-hybridized carbons (Fsp3) is 0.316. The summed E-state index contributed by atoms with van der Waals surface area (Å²) in [5, 5.41) is 2.77. The van der Waals surface area contributed by atoms with E-state index in [1.54, 1.807) is 44.2 Å². The predicted octanol–water partition coefficient (Wildman–Crippen LogP) is 6.30. The second-order valence-corrected chi connectivity index (χ2v) is 5.89. The molecule has 26 heavy (non-hydrogen) atoms. The van der Waals surface area contributed by atoms with E-state index in [4.69, 9.17) is 0 Å². The summed E-state index contributed by atoms with van der Waals surface area (Å²) in [5.74, 6) is -4.97. The quantitative estimate of drug-likeness (QED) is 0.468. The van der Waals surface area contributed by atoms with E-state index < -0.39 is 17.7 Å². The van der Waals surface area contributed by atoms with E-state index in [1.165, 1.54) is 18.3 Å². The van der Waals surface area contributed by atoms with Crippen LogP contribution < -0.4 is 5.32 Å². The fourth-order valence-electron chi connectivity index (χ4n) is 2.26. The van der Waals surface area contributed by atoms with Crippen molar-refractivity contribution in [3.05, 3.63) is 59.7 Å². The molecule has 1 unspecified atom stereocenters. The molecular formula is C19H19F5N2. The van der Waals surface area contributed by atoms with Gasteiger partial charge in [-0.05, 0) is 25.5 Å². The zero-order chi connectivity index (χ0) is 19.4. The van der Waals surface area contributed by atoms with Crippen LogP contribution in [0.25, 0.3) is 0 Å². The van der Waals surface area contributed by atoms with Gasteiger partial charge in [0, 0.05) is 17.8 Å². The molecule has 0 bridgehead atoms. The highest BCUT2D eigenvalue weighted by atomic mass is 19.4. The summed E-state index contributed by atoms with van der Waals surface area (Å²) < 4.78 is 66.7. The summed E-state index contributed by atoms with van der Waals surface area (Å²) in [6.07, 6.45) is -3.84. The summed E-state index contributed by atoms with van der Waals surface area (Å²) >= 11 is 0. The SMILES string of the molecule is CCC(C)Nc1c(C=Nc2ccccc2)cccc1C(F)(F)C(F)(F)F. The minimum Gasteiger partial charge on any atom is -0.382 e.